The third kappa shape index (κ3) is 5.21. The molecule has 2 saturated heterocycles. The van der Waals surface area contributed by atoms with E-state index in [9.17, 15) is 14.7 Å². The van der Waals surface area contributed by atoms with Crippen LogP contribution in [-0.2, 0) is 16.1 Å². The van der Waals surface area contributed by atoms with Crippen molar-refractivity contribution in [3.63, 3.8) is 0 Å². The van der Waals surface area contributed by atoms with Gasteiger partial charge in [0.1, 0.15) is 12.6 Å². The van der Waals surface area contributed by atoms with Crippen LogP contribution in [0.4, 0.5) is 4.79 Å². The van der Waals surface area contributed by atoms with Crippen molar-refractivity contribution in [3.8, 4) is 0 Å². The van der Waals surface area contributed by atoms with Crippen molar-refractivity contribution in [2.45, 2.75) is 57.8 Å². The molecule has 2 aliphatic heterocycles. The number of piperazine rings is 1. The summed E-state index contributed by atoms with van der Waals surface area (Å²) in [6.45, 7) is 6.61. The fourth-order valence-electron chi connectivity index (χ4n) is 4.87. The van der Waals surface area contributed by atoms with Crippen LogP contribution in [0.15, 0.2) is 30.3 Å². The van der Waals surface area contributed by atoms with E-state index in [1.54, 1.807) is 6.92 Å². The van der Waals surface area contributed by atoms with Gasteiger partial charge in [0.25, 0.3) is 0 Å². The van der Waals surface area contributed by atoms with Crippen LogP contribution in [0, 0.1) is 5.41 Å². The fourth-order valence-corrected chi connectivity index (χ4v) is 4.87. The molecule has 1 aromatic carbocycles. The molecule has 1 aliphatic carbocycles. The van der Waals surface area contributed by atoms with Gasteiger partial charge in [0.2, 0.25) is 5.91 Å². The Labute approximate surface area is 184 Å². The van der Waals surface area contributed by atoms with Crippen LogP contribution in [0.5, 0.6) is 0 Å². The lowest BCUT2D eigenvalue weighted by Crippen LogP contribution is -2.57. The number of aliphatic hydroxyl groups is 1. The van der Waals surface area contributed by atoms with Crippen LogP contribution in [0.3, 0.4) is 0 Å². The SMILES string of the molecule is C[C@H]1C(=O)N(CCCCN2CCC3(CC3)[C@H](O)C2)CCN1C(=O)OCc1ccccc1. The van der Waals surface area contributed by atoms with Crippen molar-refractivity contribution in [2.24, 2.45) is 5.41 Å². The Kier molecular flexibility index (Phi) is 6.82. The van der Waals surface area contributed by atoms with Gasteiger partial charge in [-0.25, -0.2) is 4.79 Å². The monoisotopic (exact) mass is 429 g/mol. The minimum Gasteiger partial charge on any atom is -0.445 e. The summed E-state index contributed by atoms with van der Waals surface area (Å²) in [5.41, 5.74) is 1.18. The van der Waals surface area contributed by atoms with Gasteiger partial charge in [0, 0.05) is 26.2 Å². The number of rotatable bonds is 7. The molecule has 0 radical (unpaired) electrons. The standard InChI is InChI=1S/C24H35N3O4/c1-19-22(29)26(13-6-5-12-25-14-11-24(9-10-24)21(28)17-25)15-16-27(19)23(30)31-18-20-7-3-2-4-8-20/h2-4,7-8,19,21,28H,5-6,9-18H2,1H3/t19-,21+/m0/s1. The van der Waals surface area contributed by atoms with Gasteiger partial charge in [-0.05, 0) is 63.1 Å². The van der Waals surface area contributed by atoms with E-state index in [1.165, 1.54) is 17.7 Å². The Morgan fingerprint density at radius 3 is 2.55 bits per heavy atom. The summed E-state index contributed by atoms with van der Waals surface area (Å²) in [5.74, 6) is -0.00742. The molecular weight excluding hydrogens is 394 g/mol. The van der Waals surface area contributed by atoms with Gasteiger partial charge >= 0.3 is 6.09 Å². The first-order chi connectivity index (χ1) is 15.0. The lowest BCUT2D eigenvalue weighted by Gasteiger charge is -2.39. The summed E-state index contributed by atoms with van der Waals surface area (Å²) >= 11 is 0. The molecule has 1 saturated carbocycles. The average Bonchev–Trinajstić information content (AvgIpc) is 3.56. The maximum Gasteiger partial charge on any atom is 0.410 e. The van der Waals surface area contributed by atoms with Crippen molar-refractivity contribution >= 4 is 12.0 Å². The summed E-state index contributed by atoms with van der Waals surface area (Å²) in [5, 5.41) is 10.3. The number of ether oxygens (including phenoxy) is 1. The summed E-state index contributed by atoms with van der Waals surface area (Å²) < 4.78 is 5.41. The van der Waals surface area contributed by atoms with Gasteiger partial charge in [-0.2, -0.15) is 0 Å². The van der Waals surface area contributed by atoms with Crippen molar-refractivity contribution < 1.29 is 19.4 Å². The molecule has 1 N–H and O–H groups in total. The van der Waals surface area contributed by atoms with Gasteiger partial charge in [0.05, 0.1) is 6.10 Å². The molecule has 0 unspecified atom stereocenters. The molecule has 2 amide bonds. The van der Waals surface area contributed by atoms with E-state index in [0.29, 0.717) is 13.1 Å². The Balaban J connectivity index is 1.15. The fraction of sp³-hybridized carbons (Fsp3) is 0.667. The predicted molar refractivity (Wildman–Crippen MR) is 117 cm³/mol. The molecule has 1 spiro atoms. The minimum absolute atomic E-state index is 0.00742. The van der Waals surface area contributed by atoms with E-state index in [1.807, 2.05) is 35.2 Å². The van der Waals surface area contributed by atoms with E-state index in [0.717, 1.165) is 51.0 Å². The van der Waals surface area contributed by atoms with Crippen LogP contribution in [0.1, 0.15) is 44.6 Å². The van der Waals surface area contributed by atoms with E-state index in [2.05, 4.69) is 4.90 Å². The Morgan fingerprint density at radius 1 is 1.10 bits per heavy atom. The molecule has 0 aromatic heterocycles. The van der Waals surface area contributed by atoms with Gasteiger partial charge in [-0.3, -0.25) is 9.69 Å². The Hall–Kier alpha value is -2.12. The molecule has 2 heterocycles. The molecule has 170 valence electrons. The molecular formula is C24H35N3O4. The summed E-state index contributed by atoms with van der Waals surface area (Å²) in [7, 11) is 0. The molecule has 7 nitrogen and oxygen atoms in total. The zero-order valence-corrected chi connectivity index (χ0v) is 18.5. The maximum absolute atomic E-state index is 12.8. The smallest absolute Gasteiger partial charge is 0.410 e. The third-order valence-electron chi connectivity index (χ3n) is 7.30. The number of likely N-dealkylation sites (tertiary alicyclic amines) is 1. The summed E-state index contributed by atoms with van der Waals surface area (Å²) in [6, 6.07) is 9.06. The van der Waals surface area contributed by atoms with Gasteiger partial charge < -0.3 is 19.6 Å². The highest BCUT2D eigenvalue weighted by Gasteiger charge is 2.51. The number of carbonyl (C=O) groups is 2. The van der Waals surface area contributed by atoms with E-state index in [4.69, 9.17) is 4.74 Å². The third-order valence-corrected chi connectivity index (χ3v) is 7.30. The topological polar surface area (TPSA) is 73.3 Å². The van der Waals surface area contributed by atoms with Crippen molar-refractivity contribution in [1.29, 1.82) is 0 Å². The van der Waals surface area contributed by atoms with E-state index < -0.39 is 12.1 Å². The number of hydrogen-bond donors (Lipinski definition) is 1. The lowest BCUT2D eigenvalue weighted by atomic mass is 9.90. The second kappa shape index (κ2) is 9.57. The van der Waals surface area contributed by atoms with Gasteiger partial charge in [0.15, 0.2) is 0 Å². The molecule has 31 heavy (non-hydrogen) atoms. The molecule has 2 atom stereocenters. The summed E-state index contributed by atoms with van der Waals surface area (Å²) in [4.78, 5) is 31.0. The van der Waals surface area contributed by atoms with Crippen molar-refractivity contribution in [3.05, 3.63) is 35.9 Å². The number of aliphatic hydroxyl groups excluding tert-OH is 1. The van der Waals surface area contributed by atoms with Crippen LogP contribution in [0.2, 0.25) is 0 Å². The first-order valence-corrected chi connectivity index (χ1v) is 11.6. The number of benzene rings is 1. The zero-order chi connectivity index (χ0) is 21.8. The number of unbranched alkanes of at least 4 members (excludes halogenated alkanes) is 1. The second-order valence-electron chi connectivity index (χ2n) is 9.37. The first kappa shape index (κ1) is 22.1. The van der Waals surface area contributed by atoms with Gasteiger partial charge in [-0.1, -0.05) is 30.3 Å². The molecule has 4 rings (SSSR count). The van der Waals surface area contributed by atoms with Crippen LogP contribution in [0.25, 0.3) is 0 Å². The normalized spacial score (nSPS) is 25.7. The highest BCUT2D eigenvalue weighted by molar-refractivity contribution is 5.86. The van der Waals surface area contributed by atoms with Crippen molar-refractivity contribution in [2.75, 3.05) is 39.3 Å². The molecule has 0 bridgehead atoms. The Morgan fingerprint density at radius 2 is 1.84 bits per heavy atom. The van der Waals surface area contributed by atoms with Crippen molar-refractivity contribution in [1.82, 2.24) is 14.7 Å². The van der Waals surface area contributed by atoms with Crippen LogP contribution < -0.4 is 0 Å². The zero-order valence-electron chi connectivity index (χ0n) is 18.5. The molecule has 3 aliphatic rings. The number of carbonyl (C=O) groups excluding carboxylic acids is 2. The van der Waals surface area contributed by atoms with Gasteiger partial charge in [-0.15, -0.1) is 0 Å². The maximum atomic E-state index is 12.8. The highest BCUT2D eigenvalue weighted by atomic mass is 16.6. The number of amides is 2. The number of hydrogen-bond acceptors (Lipinski definition) is 5. The highest BCUT2D eigenvalue weighted by Crippen LogP contribution is 2.53. The summed E-state index contributed by atoms with van der Waals surface area (Å²) in [6.07, 6.45) is 4.85. The molecule has 3 fully saturated rings. The molecule has 1 aromatic rings. The number of piperidine rings is 1. The number of β-amino-alcohol motifs (C(OH)–C–C–N with tert-alkyl or cyclic N) is 1. The van der Waals surface area contributed by atoms with Crippen LogP contribution >= 0.6 is 0 Å². The second-order valence-corrected chi connectivity index (χ2v) is 9.37. The minimum atomic E-state index is -0.496. The lowest BCUT2D eigenvalue weighted by molar-refractivity contribution is -0.140. The quantitative estimate of drug-likeness (QED) is 0.674. The molecule has 7 heteroatoms. The predicted octanol–water partition coefficient (Wildman–Crippen LogP) is 2.48. The largest absolute Gasteiger partial charge is 0.445 e. The number of nitrogens with zero attached hydrogens (tertiary/aromatic N) is 3. The Bertz CT molecular complexity index is 767. The van der Waals surface area contributed by atoms with Crippen LogP contribution in [-0.4, -0.2) is 83.2 Å². The average molecular weight is 430 g/mol. The van der Waals surface area contributed by atoms with E-state index >= 15 is 0 Å². The van der Waals surface area contributed by atoms with E-state index in [-0.39, 0.29) is 24.0 Å². The first-order valence-electron chi connectivity index (χ1n) is 11.6.